The molecular weight excluding hydrogens is 484 g/mol. The van der Waals surface area contributed by atoms with Gasteiger partial charge in [0.25, 0.3) is 0 Å². The summed E-state index contributed by atoms with van der Waals surface area (Å²) in [5.41, 5.74) is 7.60. The lowest BCUT2D eigenvalue weighted by Gasteiger charge is -2.36. The molecule has 9 nitrogen and oxygen atoms in total. The molecule has 0 aliphatic carbocycles. The van der Waals surface area contributed by atoms with Crippen LogP contribution in [0.15, 0.2) is 77.3 Å². The molecular formula is C29H32N4O5. The summed E-state index contributed by atoms with van der Waals surface area (Å²) < 4.78 is 16.2. The van der Waals surface area contributed by atoms with Crippen molar-refractivity contribution in [2.24, 2.45) is 5.73 Å². The lowest BCUT2D eigenvalue weighted by Crippen LogP contribution is -2.40. The molecule has 2 unspecified atom stereocenters. The van der Waals surface area contributed by atoms with Crippen LogP contribution in [0.4, 0.5) is 5.69 Å². The van der Waals surface area contributed by atoms with Gasteiger partial charge in [0.2, 0.25) is 0 Å². The second-order valence-electron chi connectivity index (χ2n) is 9.27. The molecule has 2 aromatic rings. The molecule has 2 aliphatic rings. The van der Waals surface area contributed by atoms with E-state index < -0.39 is 17.9 Å². The molecule has 38 heavy (non-hydrogen) atoms. The molecule has 2 heterocycles. The number of likely N-dealkylation sites (tertiary alicyclic amines) is 1. The van der Waals surface area contributed by atoms with Crippen molar-refractivity contribution in [3.05, 3.63) is 82.8 Å². The van der Waals surface area contributed by atoms with Gasteiger partial charge in [-0.1, -0.05) is 36.8 Å². The van der Waals surface area contributed by atoms with Crippen molar-refractivity contribution in [2.45, 2.75) is 31.2 Å². The Kier molecular flexibility index (Phi) is 8.34. The molecule has 0 spiro atoms. The maximum absolute atomic E-state index is 13.2. The van der Waals surface area contributed by atoms with E-state index in [0.717, 1.165) is 13.0 Å². The molecule has 4 rings (SSSR count). The fourth-order valence-corrected chi connectivity index (χ4v) is 5.02. The first-order chi connectivity index (χ1) is 18.4. The number of rotatable bonds is 7. The summed E-state index contributed by atoms with van der Waals surface area (Å²) in [6.45, 7) is 1.63. The lowest BCUT2D eigenvalue weighted by molar-refractivity contribution is -0.139. The highest BCUT2D eigenvalue weighted by molar-refractivity contribution is 6.06. The Hall–Kier alpha value is -4.29. The summed E-state index contributed by atoms with van der Waals surface area (Å²) in [6, 6.07) is 18.4. The smallest absolute Gasteiger partial charge is 0.355 e. The van der Waals surface area contributed by atoms with Gasteiger partial charge in [0, 0.05) is 11.7 Å². The minimum atomic E-state index is -0.908. The number of carbonyl (C=O) groups excluding carboxylic acids is 2. The molecule has 2 aromatic carbocycles. The second-order valence-corrected chi connectivity index (χ2v) is 9.27. The maximum Gasteiger partial charge on any atom is 0.355 e. The monoisotopic (exact) mass is 516 g/mol. The number of hydrogen-bond donors (Lipinski definition) is 1. The summed E-state index contributed by atoms with van der Waals surface area (Å²) in [5, 5.41) is 10.1. The topological polar surface area (TPSA) is 118 Å². The van der Waals surface area contributed by atoms with Crippen molar-refractivity contribution in [2.75, 3.05) is 39.3 Å². The molecule has 0 bridgehead atoms. The van der Waals surface area contributed by atoms with Crippen molar-refractivity contribution in [1.29, 1.82) is 5.26 Å². The first-order valence-electron chi connectivity index (χ1n) is 12.5. The highest BCUT2D eigenvalue weighted by atomic mass is 16.5. The van der Waals surface area contributed by atoms with Crippen LogP contribution in [0.1, 0.15) is 30.7 Å². The molecule has 9 heteroatoms. The van der Waals surface area contributed by atoms with Crippen LogP contribution in [0.5, 0.6) is 5.75 Å². The molecule has 0 aromatic heterocycles. The van der Waals surface area contributed by atoms with Crippen LogP contribution >= 0.6 is 0 Å². The number of esters is 2. The molecule has 1 saturated heterocycles. The van der Waals surface area contributed by atoms with E-state index in [4.69, 9.17) is 19.9 Å². The Morgan fingerprint density at radius 1 is 1.03 bits per heavy atom. The van der Waals surface area contributed by atoms with Gasteiger partial charge in [-0.05, 0) is 56.3 Å². The number of carbonyl (C=O) groups is 2. The third kappa shape index (κ3) is 5.22. The first-order valence-corrected chi connectivity index (χ1v) is 12.5. The number of ether oxygens (including phenoxy) is 3. The van der Waals surface area contributed by atoms with Gasteiger partial charge in [-0.2, -0.15) is 5.26 Å². The van der Waals surface area contributed by atoms with E-state index in [0.29, 0.717) is 29.6 Å². The highest BCUT2D eigenvalue weighted by Gasteiger charge is 2.43. The number of nitrogens with two attached hydrogens (primary N) is 1. The molecule has 2 aliphatic heterocycles. The fourth-order valence-electron chi connectivity index (χ4n) is 5.02. The zero-order valence-electron chi connectivity index (χ0n) is 21.8. The van der Waals surface area contributed by atoms with Crippen LogP contribution in [-0.4, -0.2) is 57.3 Å². The first kappa shape index (κ1) is 26.8. The predicted octanol–water partition coefficient (Wildman–Crippen LogP) is 3.45. The van der Waals surface area contributed by atoms with E-state index in [1.165, 1.54) is 32.0 Å². The number of anilines is 1. The Balaban J connectivity index is 1.76. The van der Waals surface area contributed by atoms with Gasteiger partial charge in [0.05, 0.1) is 37.4 Å². The molecule has 1 fully saturated rings. The van der Waals surface area contributed by atoms with E-state index in [9.17, 15) is 14.9 Å². The number of methoxy groups -OCH3 is 2. The Morgan fingerprint density at radius 3 is 2.32 bits per heavy atom. The molecule has 0 radical (unpaired) electrons. The number of nitrogens with zero attached hydrogens (tertiary/aromatic N) is 3. The minimum Gasteiger partial charge on any atom is -0.492 e. The van der Waals surface area contributed by atoms with Gasteiger partial charge in [0.15, 0.2) is 0 Å². The van der Waals surface area contributed by atoms with Crippen LogP contribution in [0.25, 0.3) is 0 Å². The normalized spacial score (nSPS) is 20.1. The number of benzene rings is 2. The summed E-state index contributed by atoms with van der Waals surface area (Å²) in [4.78, 5) is 30.0. The van der Waals surface area contributed by atoms with Gasteiger partial charge < -0.3 is 24.8 Å². The Morgan fingerprint density at radius 2 is 1.71 bits per heavy atom. The van der Waals surface area contributed by atoms with Crippen LogP contribution in [0.2, 0.25) is 0 Å². The largest absolute Gasteiger partial charge is 0.492 e. The summed E-state index contributed by atoms with van der Waals surface area (Å²) >= 11 is 0. The fraction of sp³-hybridized carbons (Fsp3) is 0.345. The third-order valence-electron chi connectivity index (χ3n) is 7.07. The van der Waals surface area contributed by atoms with Crippen LogP contribution < -0.4 is 15.4 Å². The van der Waals surface area contributed by atoms with E-state index >= 15 is 0 Å². The second kappa shape index (κ2) is 11.8. The van der Waals surface area contributed by atoms with Crippen LogP contribution in [-0.2, 0) is 19.1 Å². The van der Waals surface area contributed by atoms with Crippen LogP contribution in [0.3, 0.4) is 0 Å². The molecule has 198 valence electrons. The quantitative estimate of drug-likeness (QED) is 0.552. The van der Waals surface area contributed by atoms with E-state index in [-0.39, 0.29) is 22.7 Å². The van der Waals surface area contributed by atoms with Gasteiger partial charge in [0.1, 0.15) is 23.9 Å². The average molecular weight is 517 g/mol. The zero-order chi connectivity index (χ0) is 27.2. The number of allylic oxidation sites excluding steroid dienone is 1. The molecule has 0 amide bonds. The summed E-state index contributed by atoms with van der Waals surface area (Å²) in [7, 11) is 4.55. The lowest BCUT2D eigenvalue weighted by atomic mass is 9.81. The minimum absolute atomic E-state index is 0.0203. The molecule has 0 saturated carbocycles. The van der Waals surface area contributed by atoms with Gasteiger partial charge in [-0.25, -0.2) is 9.59 Å². The summed E-state index contributed by atoms with van der Waals surface area (Å²) in [5.74, 6) is -1.78. The van der Waals surface area contributed by atoms with Crippen LogP contribution in [0, 0.1) is 11.3 Å². The SMILES string of the molecule is COC(=O)C1=C(C(=O)OC)N(c2ccc(OCC3CCCCN3C)cc2)C(N)=C(C#N)C1c1ccccc1. The highest BCUT2D eigenvalue weighted by Crippen LogP contribution is 2.43. The van der Waals surface area contributed by atoms with Gasteiger partial charge >= 0.3 is 11.9 Å². The zero-order valence-corrected chi connectivity index (χ0v) is 21.8. The van der Waals surface area contributed by atoms with Gasteiger partial charge in [-0.3, -0.25) is 4.90 Å². The van der Waals surface area contributed by atoms with E-state index in [1.807, 2.05) is 6.07 Å². The van der Waals surface area contributed by atoms with Crippen molar-refractivity contribution < 1.29 is 23.8 Å². The third-order valence-corrected chi connectivity index (χ3v) is 7.07. The van der Waals surface area contributed by atoms with E-state index in [1.54, 1.807) is 48.5 Å². The van der Waals surface area contributed by atoms with Gasteiger partial charge in [-0.15, -0.1) is 0 Å². The van der Waals surface area contributed by atoms with Crippen molar-refractivity contribution in [1.82, 2.24) is 4.90 Å². The average Bonchev–Trinajstić information content (AvgIpc) is 2.96. The predicted molar refractivity (Wildman–Crippen MR) is 142 cm³/mol. The molecule has 2 N–H and O–H groups in total. The Bertz CT molecular complexity index is 1280. The number of likely N-dealkylation sites (N-methyl/N-ethyl adjacent to an activating group) is 1. The summed E-state index contributed by atoms with van der Waals surface area (Å²) in [6.07, 6.45) is 3.48. The molecule has 2 atom stereocenters. The van der Waals surface area contributed by atoms with E-state index in [2.05, 4.69) is 18.0 Å². The van der Waals surface area contributed by atoms with Crippen molar-refractivity contribution in [3.8, 4) is 11.8 Å². The Labute approximate surface area is 222 Å². The van der Waals surface area contributed by atoms with Crippen molar-refractivity contribution in [3.63, 3.8) is 0 Å². The number of hydrogen-bond acceptors (Lipinski definition) is 9. The number of piperidine rings is 1. The maximum atomic E-state index is 13.2. The standard InChI is InChI=1S/C29H32N4O5/c1-32-16-8-7-11-21(32)18-38-22-14-12-20(13-15-22)33-26(29(35)37-3)25(28(34)36-2)24(23(17-30)27(33)31)19-9-5-4-6-10-19/h4-6,9-10,12-15,21,24H,7-8,11,16,18,31H2,1-3H3. The number of nitriles is 1. The van der Waals surface area contributed by atoms with Crippen molar-refractivity contribution >= 4 is 17.6 Å².